The minimum absolute atomic E-state index is 0. The third-order valence-electron chi connectivity index (χ3n) is 11.2. The van der Waals surface area contributed by atoms with Gasteiger partial charge in [-0.05, 0) is 160 Å². The molecule has 0 bridgehead atoms. The second kappa shape index (κ2) is 13.0. The van der Waals surface area contributed by atoms with Crippen molar-refractivity contribution in [2.24, 2.45) is 5.92 Å². The Hall–Kier alpha value is -1.24. The molecular formula is C39H53Y-. The van der Waals surface area contributed by atoms with Crippen LogP contribution in [0.25, 0.3) is 11.1 Å². The molecule has 213 valence electrons. The Morgan fingerprint density at radius 1 is 0.475 bits per heavy atom. The number of hydrogen-bond acceptors (Lipinski definition) is 0. The van der Waals surface area contributed by atoms with Gasteiger partial charge in [0.05, 0.1) is 0 Å². The molecule has 0 spiro atoms. The summed E-state index contributed by atoms with van der Waals surface area (Å²) in [5.74, 6) is 1.65. The molecule has 0 aromatic heterocycles. The summed E-state index contributed by atoms with van der Waals surface area (Å²) in [5.41, 5.74) is 25.1. The first kappa shape index (κ1) is 33.3. The van der Waals surface area contributed by atoms with Crippen LogP contribution in [0.4, 0.5) is 0 Å². The molecule has 4 rings (SSSR count). The molecule has 0 unspecified atom stereocenters. The first-order valence-corrected chi connectivity index (χ1v) is 15.5. The number of hydrogen-bond donors (Lipinski definition) is 0. The summed E-state index contributed by atoms with van der Waals surface area (Å²) in [6.07, 6.45) is 7.73. The maximum atomic E-state index is 3.58. The van der Waals surface area contributed by atoms with Crippen molar-refractivity contribution in [1.29, 1.82) is 0 Å². The molecule has 1 heteroatoms. The van der Waals surface area contributed by atoms with Gasteiger partial charge in [-0.25, -0.2) is 0 Å². The summed E-state index contributed by atoms with van der Waals surface area (Å²) in [6, 6.07) is 3.58. The Morgan fingerprint density at radius 3 is 1.23 bits per heavy atom. The van der Waals surface area contributed by atoms with Crippen LogP contribution in [-0.4, -0.2) is 0 Å². The fraction of sp³-hybridized carbons (Fsp3) is 0.538. The maximum absolute atomic E-state index is 3.58. The number of benzene rings is 3. The molecule has 0 aliphatic heterocycles. The van der Waals surface area contributed by atoms with Crippen LogP contribution in [0.5, 0.6) is 0 Å². The van der Waals surface area contributed by atoms with Crippen LogP contribution in [0.3, 0.4) is 0 Å². The Morgan fingerprint density at radius 2 is 0.825 bits per heavy atom. The largest absolute Gasteiger partial charge is 0.177 e. The summed E-state index contributed by atoms with van der Waals surface area (Å²) in [5, 5.41) is 0. The van der Waals surface area contributed by atoms with Crippen LogP contribution in [-0.2, 0) is 45.6 Å². The van der Waals surface area contributed by atoms with Gasteiger partial charge < -0.3 is 0 Å². The van der Waals surface area contributed by atoms with E-state index >= 15 is 0 Å². The van der Waals surface area contributed by atoms with Gasteiger partial charge in [0.15, 0.2) is 0 Å². The molecule has 3 aromatic rings. The number of aryl methyl sites for hydroxylation is 2. The molecule has 1 aliphatic carbocycles. The van der Waals surface area contributed by atoms with Crippen LogP contribution < -0.4 is 0 Å². The minimum Gasteiger partial charge on any atom is -0.177 e. The zero-order chi connectivity index (χ0) is 28.9. The topological polar surface area (TPSA) is 0 Å². The minimum atomic E-state index is 0. The smallest absolute Gasteiger partial charge is 0 e. The molecule has 1 aliphatic rings. The van der Waals surface area contributed by atoms with Crippen molar-refractivity contribution in [3.63, 3.8) is 0 Å². The molecule has 0 nitrogen and oxygen atoms in total. The zero-order valence-corrected chi connectivity index (χ0v) is 30.8. The van der Waals surface area contributed by atoms with Gasteiger partial charge in [0.2, 0.25) is 0 Å². The quantitative estimate of drug-likeness (QED) is 0.252. The molecule has 1 fully saturated rings. The predicted molar refractivity (Wildman–Crippen MR) is 172 cm³/mol. The van der Waals surface area contributed by atoms with Gasteiger partial charge in [0.25, 0.3) is 0 Å². The van der Waals surface area contributed by atoms with E-state index in [1.807, 2.05) is 0 Å². The molecule has 0 saturated heterocycles. The van der Waals surface area contributed by atoms with Gasteiger partial charge in [0, 0.05) is 32.7 Å². The molecule has 1 radical (unpaired) electrons. The van der Waals surface area contributed by atoms with Crippen molar-refractivity contribution >= 4 is 0 Å². The fourth-order valence-electron chi connectivity index (χ4n) is 7.85. The van der Waals surface area contributed by atoms with Gasteiger partial charge in [-0.15, -0.1) is 16.7 Å². The van der Waals surface area contributed by atoms with E-state index in [4.69, 9.17) is 0 Å². The maximum Gasteiger partial charge on any atom is 0 e. The van der Waals surface area contributed by atoms with Crippen LogP contribution in [0.15, 0.2) is 0 Å². The second-order valence-corrected chi connectivity index (χ2v) is 13.2. The van der Waals surface area contributed by atoms with Crippen LogP contribution in [0.1, 0.15) is 122 Å². The molecule has 3 aromatic carbocycles. The monoisotopic (exact) mass is 610 g/mol. The molecular weight excluding hydrogens is 557 g/mol. The normalized spacial score (nSPS) is 17.2. The van der Waals surface area contributed by atoms with Crippen molar-refractivity contribution < 1.29 is 32.7 Å². The van der Waals surface area contributed by atoms with E-state index in [0.717, 1.165) is 24.7 Å². The van der Waals surface area contributed by atoms with Gasteiger partial charge in [-0.2, -0.15) is 17.2 Å². The summed E-state index contributed by atoms with van der Waals surface area (Å²) in [7, 11) is 0. The van der Waals surface area contributed by atoms with E-state index in [2.05, 4.69) is 96.1 Å². The fourth-order valence-corrected chi connectivity index (χ4v) is 7.85. The average molecular weight is 611 g/mol. The van der Waals surface area contributed by atoms with Gasteiger partial charge in [-0.3, -0.25) is 0 Å². The molecule has 0 atom stereocenters. The van der Waals surface area contributed by atoms with E-state index in [9.17, 15) is 0 Å². The van der Waals surface area contributed by atoms with Crippen molar-refractivity contribution in [2.45, 2.75) is 134 Å². The van der Waals surface area contributed by atoms with Crippen molar-refractivity contribution in [3.05, 3.63) is 89.5 Å². The third-order valence-corrected chi connectivity index (χ3v) is 11.2. The summed E-state index contributed by atoms with van der Waals surface area (Å²) >= 11 is 0. The summed E-state index contributed by atoms with van der Waals surface area (Å²) < 4.78 is 0. The predicted octanol–water partition coefficient (Wildman–Crippen LogP) is 10.9. The van der Waals surface area contributed by atoms with Gasteiger partial charge in [-0.1, -0.05) is 47.5 Å². The van der Waals surface area contributed by atoms with E-state index < -0.39 is 0 Å². The first-order chi connectivity index (χ1) is 18.3. The Balaban J connectivity index is 0.00000441. The van der Waals surface area contributed by atoms with Crippen molar-refractivity contribution in [1.82, 2.24) is 0 Å². The van der Waals surface area contributed by atoms with Gasteiger partial charge in [0.1, 0.15) is 0 Å². The molecule has 40 heavy (non-hydrogen) atoms. The third kappa shape index (κ3) is 5.84. The van der Waals surface area contributed by atoms with E-state index in [1.54, 1.807) is 38.9 Å². The first-order valence-electron chi connectivity index (χ1n) is 15.5. The Bertz CT molecular complexity index is 1340. The second-order valence-electron chi connectivity index (χ2n) is 13.2. The molecule has 0 heterocycles. The standard InChI is InChI=1S/C39H53.Y/c1-21-14-16-34(17-15-21)37-30(10)26(6)35(27(7)31(37)11)18-19-36-28(8)32(12)39(33(13)29(36)9)38-24(4)22(2)20-23(3)25(38)5;/h21,34H,14-19H2,1-13H3;/q-1;. The van der Waals surface area contributed by atoms with Crippen molar-refractivity contribution in [2.75, 3.05) is 0 Å². The van der Waals surface area contributed by atoms with E-state index in [0.29, 0.717) is 0 Å². The van der Waals surface area contributed by atoms with Gasteiger partial charge >= 0.3 is 0 Å². The van der Waals surface area contributed by atoms with Crippen LogP contribution >= 0.6 is 0 Å². The van der Waals surface area contributed by atoms with Crippen molar-refractivity contribution in [3.8, 4) is 11.1 Å². The summed E-state index contributed by atoms with van der Waals surface area (Å²) in [6.45, 7) is 30.4. The Kier molecular flexibility index (Phi) is 10.8. The van der Waals surface area contributed by atoms with Crippen LogP contribution in [0.2, 0.25) is 0 Å². The average Bonchev–Trinajstić information content (AvgIpc) is 2.90. The van der Waals surface area contributed by atoms with Crippen LogP contribution in [0, 0.1) is 95.1 Å². The van der Waals surface area contributed by atoms with E-state index in [-0.39, 0.29) is 32.7 Å². The molecule has 0 amide bonds. The summed E-state index contributed by atoms with van der Waals surface area (Å²) in [4.78, 5) is 0. The SMILES string of the molecule is Cc1[c-]c(C)c(C)c(-c2c(C)c(C)c(CCc3c(C)c(C)c(C4CCC(C)CC4)c(C)c3C)c(C)c2C)c1C.[Y]. The number of rotatable bonds is 5. The Labute approximate surface area is 272 Å². The molecule has 1 saturated carbocycles. The zero-order valence-electron chi connectivity index (χ0n) is 28.0. The molecule has 0 N–H and O–H groups in total. The van der Waals surface area contributed by atoms with E-state index in [1.165, 1.54) is 81.3 Å².